The Morgan fingerprint density at radius 2 is 2.00 bits per heavy atom. The van der Waals surface area contributed by atoms with Gasteiger partial charge in [0.25, 0.3) is 0 Å². The predicted molar refractivity (Wildman–Crippen MR) is 73.3 cm³/mol. The topological polar surface area (TPSA) is 55.6 Å². The minimum absolute atomic E-state index is 0.266. The van der Waals surface area contributed by atoms with Gasteiger partial charge in [-0.2, -0.15) is 0 Å². The molecule has 0 aromatic carbocycles. The molecule has 0 heterocycles. The monoisotopic (exact) mass is 256 g/mol. The first-order valence-corrected chi connectivity index (χ1v) is 7.35. The summed E-state index contributed by atoms with van der Waals surface area (Å²) in [5.74, 6) is -0.266. The van der Waals surface area contributed by atoms with Gasteiger partial charge in [-0.05, 0) is 32.7 Å². The van der Waals surface area contributed by atoms with Crippen LogP contribution in [-0.4, -0.2) is 42.6 Å². The number of nitrogens with zero attached hydrogens (tertiary/aromatic N) is 1. The number of esters is 1. The molecule has 0 spiro atoms. The highest BCUT2D eigenvalue weighted by atomic mass is 16.5. The maximum Gasteiger partial charge on any atom is 0.322 e. The Hall–Kier alpha value is -0.610. The number of rotatable bonds is 7. The van der Waals surface area contributed by atoms with Gasteiger partial charge in [0.2, 0.25) is 0 Å². The number of nitrogens with two attached hydrogens (primary N) is 1. The zero-order valence-corrected chi connectivity index (χ0v) is 11.9. The molecule has 4 nitrogen and oxygen atoms in total. The van der Waals surface area contributed by atoms with Crippen molar-refractivity contribution in [2.75, 3.05) is 19.7 Å². The summed E-state index contributed by atoms with van der Waals surface area (Å²) in [5.41, 5.74) is 5.83. The fraction of sp³-hybridized carbons (Fsp3) is 0.929. The molecule has 1 aliphatic rings. The van der Waals surface area contributed by atoms with Gasteiger partial charge in [-0.3, -0.25) is 4.79 Å². The summed E-state index contributed by atoms with van der Waals surface area (Å²) in [6, 6.07) is 0.223. The van der Waals surface area contributed by atoms with E-state index in [1.807, 2.05) is 6.92 Å². The molecule has 1 aliphatic carbocycles. The van der Waals surface area contributed by atoms with Crippen molar-refractivity contribution in [1.82, 2.24) is 4.90 Å². The van der Waals surface area contributed by atoms with Crippen molar-refractivity contribution in [2.24, 2.45) is 5.73 Å². The molecule has 0 radical (unpaired) electrons. The van der Waals surface area contributed by atoms with Crippen LogP contribution in [0.5, 0.6) is 0 Å². The average Bonchev–Trinajstić information content (AvgIpc) is 2.40. The Morgan fingerprint density at radius 3 is 2.56 bits per heavy atom. The van der Waals surface area contributed by atoms with Gasteiger partial charge in [0, 0.05) is 12.6 Å². The minimum atomic E-state index is -0.470. The Labute approximate surface area is 111 Å². The second kappa shape index (κ2) is 8.48. The fourth-order valence-electron chi connectivity index (χ4n) is 2.72. The van der Waals surface area contributed by atoms with Crippen LogP contribution in [0.25, 0.3) is 0 Å². The first kappa shape index (κ1) is 15.4. The van der Waals surface area contributed by atoms with Crippen LogP contribution in [0.1, 0.15) is 52.4 Å². The van der Waals surface area contributed by atoms with E-state index in [9.17, 15) is 4.79 Å². The number of ether oxygens (including phenoxy) is 1. The second-order valence-electron chi connectivity index (χ2n) is 5.07. The summed E-state index contributed by atoms with van der Waals surface area (Å²) in [6.07, 6.45) is 7.33. The fourth-order valence-corrected chi connectivity index (χ4v) is 2.72. The number of carbonyl (C=O) groups is 1. The van der Waals surface area contributed by atoms with Gasteiger partial charge in [-0.15, -0.1) is 0 Å². The standard InChI is InChI=1S/C14H28N2O2/c1-3-16(12-8-6-5-7-9-12)11-10-13(15)14(17)18-4-2/h12-13H,3-11,15H2,1-2H3. The number of carbonyl (C=O) groups excluding carboxylic acids is 1. The summed E-state index contributed by atoms with van der Waals surface area (Å²) < 4.78 is 4.93. The summed E-state index contributed by atoms with van der Waals surface area (Å²) in [6.45, 7) is 6.35. The highest BCUT2D eigenvalue weighted by Gasteiger charge is 2.22. The highest BCUT2D eigenvalue weighted by molar-refractivity contribution is 5.75. The lowest BCUT2D eigenvalue weighted by Gasteiger charge is -2.33. The van der Waals surface area contributed by atoms with Gasteiger partial charge in [-0.25, -0.2) is 0 Å². The van der Waals surface area contributed by atoms with Gasteiger partial charge in [0.15, 0.2) is 0 Å². The van der Waals surface area contributed by atoms with Crippen LogP contribution in [0.2, 0.25) is 0 Å². The largest absolute Gasteiger partial charge is 0.465 e. The molecule has 1 fully saturated rings. The molecule has 0 aromatic rings. The third-order valence-corrected chi connectivity index (χ3v) is 3.81. The van der Waals surface area contributed by atoms with E-state index < -0.39 is 6.04 Å². The van der Waals surface area contributed by atoms with E-state index in [-0.39, 0.29) is 5.97 Å². The van der Waals surface area contributed by atoms with Crippen molar-refractivity contribution >= 4 is 5.97 Å². The molecule has 18 heavy (non-hydrogen) atoms. The van der Waals surface area contributed by atoms with E-state index in [2.05, 4.69) is 11.8 Å². The van der Waals surface area contributed by atoms with Gasteiger partial charge < -0.3 is 15.4 Å². The molecule has 4 heteroatoms. The molecule has 0 bridgehead atoms. The van der Waals surface area contributed by atoms with Crippen molar-refractivity contribution in [1.29, 1.82) is 0 Å². The zero-order chi connectivity index (χ0) is 13.4. The number of hydrogen-bond donors (Lipinski definition) is 1. The predicted octanol–water partition coefficient (Wildman–Crippen LogP) is 1.92. The van der Waals surface area contributed by atoms with Gasteiger partial charge in [0.05, 0.1) is 6.61 Å². The third-order valence-electron chi connectivity index (χ3n) is 3.81. The van der Waals surface area contributed by atoms with Crippen molar-refractivity contribution in [3.05, 3.63) is 0 Å². The third kappa shape index (κ3) is 4.94. The van der Waals surface area contributed by atoms with Crippen LogP contribution in [-0.2, 0) is 9.53 Å². The van der Waals surface area contributed by atoms with Crippen molar-refractivity contribution in [3.63, 3.8) is 0 Å². The zero-order valence-electron chi connectivity index (χ0n) is 11.9. The van der Waals surface area contributed by atoms with Crippen molar-refractivity contribution < 1.29 is 9.53 Å². The molecule has 2 N–H and O–H groups in total. The SMILES string of the molecule is CCOC(=O)C(N)CCN(CC)C1CCCCC1. The molecular formula is C14H28N2O2. The first-order valence-electron chi connectivity index (χ1n) is 7.35. The lowest BCUT2D eigenvalue weighted by molar-refractivity contribution is -0.144. The molecule has 0 aromatic heterocycles. The molecule has 1 rings (SSSR count). The molecule has 0 saturated heterocycles. The van der Waals surface area contributed by atoms with E-state index in [1.54, 1.807) is 0 Å². The lowest BCUT2D eigenvalue weighted by atomic mass is 9.94. The summed E-state index contributed by atoms with van der Waals surface area (Å²) in [7, 11) is 0. The maximum absolute atomic E-state index is 11.5. The summed E-state index contributed by atoms with van der Waals surface area (Å²) >= 11 is 0. The van der Waals surface area contributed by atoms with E-state index in [4.69, 9.17) is 10.5 Å². The van der Waals surface area contributed by atoms with E-state index in [1.165, 1.54) is 32.1 Å². The van der Waals surface area contributed by atoms with Gasteiger partial charge in [0.1, 0.15) is 6.04 Å². The second-order valence-corrected chi connectivity index (χ2v) is 5.07. The minimum Gasteiger partial charge on any atom is -0.465 e. The van der Waals surface area contributed by atoms with Crippen LogP contribution in [0, 0.1) is 0 Å². The van der Waals surface area contributed by atoms with E-state index in [0.717, 1.165) is 13.1 Å². The normalized spacial score (nSPS) is 18.9. The molecule has 1 unspecified atom stereocenters. The Bertz CT molecular complexity index is 240. The molecule has 106 valence electrons. The molecular weight excluding hydrogens is 228 g/mol. The average molecular weight is 256 g/mol. The summed E-state index contributed by atoms with van der Waals surface area (Å²) in [4.78, 5) is 13.9. The maximum atomic E-state index is 11.5. The van der Waals surface area contributed by atoms with Crippen molar-refractivity contribution in [3.8, 4) is 0 Å². The number of hydrogen-bond acceptors (Lipinski definition) is 4. The van der Waals surface area contributed by atoms with Crippen LogP contribution in [0.4, 0.5) is 0 Å². The summed E-state index contributed by atoms with van der Waals surface area (Å²) in [5, 5.41) is 0. The Morgan fingerprint density at radius 1 is 1.33 bits per heavy atom. The molecule has 0 amide bonds. The first-order chi connectivity index (χ1) is 8.69. The molecule has 0 aliphatic heterocycles. The molecule has 1 saturated carbocycles. The smallest absolute Gasteiger partial charge is 0.322 e. The van der Waals surface area contributed by atoms with Crippen LogP contribution in [0.15, 0.2) is 0 Å². The van der Waals surface area contributed by atoms with Crippen LogP contribution in [0.3, 0.4) is 0 Å². The lowest BCUT2D eigenvalue weighted by Crippen LogP contribution is -2.41. The van der Waals surface area contributed by atoms with E-state index >= 15 is 0 Å². The quantitative estimate of drug-likeness (QED) is 0.707. The highest BCUT2D eigenvalue weighted by Crippen LogP contribution is 2.22. The van der Waals surface area contributed by atoms with Gasteiger partial charge >= 0.3 is 5.97 Å². The van der Waals surface area contributed by atoms with Crippen LogP contribution < -0.4 is 5.73 Å². The van der Waals surface area contributed by atoms with E-state index in [0.29, 0.717) is 19.1 Å². The van der Waals surface area contributed by atoms with Gasteiger partial charge in [-0.1, -0.05) is 26.2 Å². The van der Waals surface area contributed by atoms with Crippen molar-refractivity contribution in [2.45, 2.75) is 64.5 Å². The Kier molecular flexibility index (Phi) is 7.28. The van der Waals surface area contributed by atoms with Crippen LogP contribution >= 0.6 is 0 Å². The molecule has 1 atom stereocenters. The Balaban J connectivity index is 2.31.